The quantitative estimate of drug-likeness (QED) is 0.446. The molecule has 1 amide bonds. The van der Waals surface area contributed by atoms with E-state index in [0.29, 0.717) is 24.3 Å². The van der Waals surface area contributed by atoms with Crippen LogP contribution in [0.4, 0.5) is 0 Å². The third kappa shape index (κ3) is 5.00. The van der Waals surface area contributed by atoms with Gasteiger partial charge in [0, 0.05) is 18.0 Å². The Morgan fingerprint density at radius 3 is 2.60 bits per heavy atom. The number of hydrogen-bond donors (Lipinski definition) is 3. The largest absolute Gasteiger partial charge is 0.445 e. The third-order valence-corrected chi connectivity index (χ3v) is 8.04. The third-order valence-electron chi connectivity index (χ3n) is 8.04. The summed E-state index contributed by atoms with van der Waals surface area (Å²) in [5, 5.41) is 24.7. The molecule has 1 aromatic carbocycles. The fourth-order valence-corrected chi connectivity index (χ4v) is 6.09. The van der Waals surface area contributed by atoms with Gasteiger partial charge in [0.25, 0.3) is 5.91 Å². The summed E-state index contributed by atoms with van der Waals surface area (Å²) in [6.07, 6.45) is 8.39. The van der Waals surface area contributed by atoms with Gasteiger partial charge in [0.2, 0.25) is 5.60 Å². The first-order chi connectivity index (χ1) is 16.7. The Hall–Kier alpha value is -2.70. The predicted octanol–water partition coefficient (Wildman–Crippen LogP) is 3.49. The normalized spacial score (nSPS) is 40.0. The number of hydrogen-bond acceptors (Lipinski definition) is 5. The average molecular weight is 480 g/mol. The zero-order chi connectivity index (χ0) is 25.2. The van der Waals surface area contributed by atoms with Gasteiger partial charge in [0.1, 0.15) is 0 Å². The predicted molar refractivity (Wildman–Crippen MR) is 134 cm³/mol. The van der Waals surface area contributed by atoms with Crippen molar-refractivity contribution in [2.24, 2.45) is 23.7 Å². The summed E-state index contributed by atoms with van der Waals surface area (Å²) >= 11 is 0. The Morgan fingerprint density at radius 2 is 1.86 bits per heavy atom. The highest BCUT2D eigenvalue weighted by molar-refractivity contribution is 5.94. The molecule has 2 heterocycles. The molecule has 6 nitrogen and oxygen atoms in total. The first kappa shape index (κ1) is 25.4. The number of carbonyl (C=O) groups is 2. The zero-order valence-electron chi connectivity index (χ0n) is 20.6. The first-order valence-electron chi connectivity index (χ1n) is 12.7. The smallest absolute Gasteiger partial charge is 0.331 e. The Labute approximate surface area is 207 Å². The molecule has 1 saturated carbocycles. The molecule has 2 aliphatic heterocycles. The summed E-state index contributed by atoms with van der Waals surface area (Å²) in [7, 11) is 0. The van der Waals surface area contributed by atoms with Crippen LogP contribution in [0.5, 0.6) is 0 Å². The van der Waals surface area contributed by atoms with Gasteiger partial charge < -0.3 is 20.3 Å². The maximum Gasteiger partial charge on any atom is 0.331 e. The molecule has 0 unspecified atom stereocenters. The number of aliphatic hydroxyl groups is 2. The van der Waals surface area contributed by atoms with Crippen LogP contribution in [0, 0.1) is 23.7 Å². The van der Waals surface area contributed by atoms with Gasteiger partial charge in [-0.05, 0) is 48.3 Å². The molecule has 0 radical (unpaired) electrons. The van der Waals surface area contributed by atoms with Gasteiger partial charge in [-0.2, -0.15) is 0 Å². The number of aliphatic hydroxyl groups excluding tert-OH is 2. The topological polar surface area (TPSA) is 95.9 Å². The average Bonchev–Trinajstić information content (AvgIpc) is 3.09. The molecule has 3 aliphatic rings. The fourth-order valence-electron chi connectivity index (χ4n) is 6.09. The maximum absolute atomic E-state index is 13.7. The molecule has 0 aromatic heterocycles. The second-order valence-corrected chi connectivity index (χ2v) is 10.5. The van der Waals surface area contributed by atoms with Gasteiger partial charge in [-0.25, -0.2) is 4.79 Å². The van der Waals surface area contributed by atoms with Crippen molar-refractivity contribution >= 4 is 11.9 Å². The summed E-state index contributed by atoms with van der Waals surface area (Å²) < 4.78 is 6.05. The van der Waals surface area contributed by atoms with Crippen molar-refractivity contribution in [1.82, 2.24) is 5.32 Å². The number of rotatable bonds is 2. The van der Waals surface area contributed by atoms with Crippen molar-refractivity contribution in [3.63, 3.8) is 0 Å². The lowest BCUT2D eigenvalue weighted by molar-refractivity contribution is -0.182. The van der Waals surface area contributed by atoms with Crippen molar-refractivity contribution in [3.05, 3.63) is 72.4 Å². The molecule has 2 fully saturated rings. The van der Waals surface area contributed by atoms with E-state index in [1.54, 1.807) is 0 Å². The number of nitrogens with one attached hydrogen (secondary N) is 1. The Kier molecular flexibility index (Phi) is 7.62. The Bertz CT molecular complexity index is 1000. The minimum Gasteiger partial charge on any atom is -0.445 e. The SMILES string of the molecule is C=C1[C@@H](O)[C@@H]2/C=C/C[C@H](C)CCC[C@@H](O)/C=C\C(=O)O[C@@]23C(=O)N[C@@H](Cc2ccccc2)[C@H]3[C@H]1C. The Morgan fingerprint density at radius 1 is 1.11 bits per heavy atom. The molecule has 188 valence electrons. The second kappa shape index (κ2) is 10.5. The van der Waals surface area contributed by atoms with Crippen LogP contribution in [0.1, 0.15) is 45.1 Å². The molecule has 8 atom stereocenters. The van der Waals surface area contributed by atoms with E-state index in [-0.39, 0.29) is 17.9 Å². The molecule has 1 aliphatic carbocycles. The number of amides is 1. The molecule has 1 spiro atoms. The lowest BCUT2D eigenvalue weighted by Gasteiger charge is -2.49. The summed E-state index contributed by atoms with van der Waals surface area (Å²) in [5.74, 6) is -2.13. The van der Waals surface area contributed by atoms with Crippen LogP contribution in [-0.4, -0.2) is 45.9 Å². The number of carbonyl (C=O) groups excluding carboxylic acids is 2. The highest BCUT2D eigenvalue weighted by atomic mass is 16.6. The van der Waals surface area contributed by atoms with Crippen LogP contribution in [-0.2, 0) is 20.7 Å². The molecular weight excluding hydrogens is 442 g/mol. The molecule has 1 saturated heterocycles. The summed E-state index contributed by atoms with van der Waals surface area (Å²) in [4.78, 5) is 26.8. The standard InChI is InChI=1S/C29H37NO5/c1-18-9-7-13-22(31)15-16-25(32)35-29-23(14-8-10-18)27(33)20(3)19(2)26(29)24(30-28(29)34)17-21-11-5-4-6-12-21/h4-6,8,11-12,14-16,18-19,22-24,26-27,31,33H,3,7,9-10,13,17H2,1-2H3,(H,30,34)/b14-8+,16-15-/t18-,19+,22-,23+,24+,26-,27-,29+/m1/s1. The van der Waals surface area contributed by atoms with Gasteiger partial charge in [-0.15, -0.1) is 0 Å². The van der Waals surface area contributed by atoms with Crippen LogP contribution in [0.15, 0.2) is 66.8 Å². The molecule has 0 bridgehead atoms. The highest BCUT2D eigenvalue weighted by Gasteiger charge is 2.67. The molecular formula is C29H37NO5. The molecule has 35 heavy (non-hydrogen) atoms. The van der Waals surface area contributed by atoms with E-state index in [4.69, 9.17) is 4.74 Å². The maximum atomic E-state index is 13.7. The molecule has 6 heteroatoms. The molecule has 1 aromatic rings. The van der Waals surface area contributed by atoms with Crippen LogP contribution in [0.25, 0.3) is 0 Å². The van der Waals surface area contributed by atoms with Crippen LogP contribution < -0.4 is 5.32 Å². The zero-order valence-corrected chi connectivity index (χ0v) is 20.6. The van der Waals surface area contributed by atoms with E-state index in [1.807, 2.05) is 49.4 Å². The van der Waals surface area contributed by atoms with Crippen molar-refractivity contribution < 1.29 is 24.5 Å². The summed E-state index contributed by atoms with van der Waals surface area (Å²) in [6, 6.07) is 9.59. The first-order valence-corrected chi connectivity index (χ1v) is 12.7. The lowest BCUT2D eigenvalue weighted by Crippen LogP contribution is -2.61. The van der Waals surface area contributed by atoms with E-state index < -0.39 is 35.6 Å². The van der Waals surface area contributed by atoms with Crippen LogP contribution >= 0.6 is 0 Å². The van der Waals surface area contributed by atoms with Gasteiger partial charge >= 0.3 is 5.97 Å². The van der Waals surface area contributed by atoms with Gasteiger partial charge in [0.05, 0.1) is 18.1 Å². The number of ether oxygens (including phenoxy) is 1. The summed E-state index contributed by atoms with van der Waals surface area (Å²) in [5.41, 5.74) is 0.136. The second-order valence-electron chi connectivity index (χ2n) is 10.5. The lowest BCUT2D eigenvalue weighted by atomic mass is 9.59. The van der Waals surface area contributed by atoms with Crippen LogP contribution in [0.3, 0.4) is 0 Å². The molecule has 3 N–H and O–H groups in total. The minimum atomic E-state index is -1.57. The van der Waals surface area contributed by atoms with Gasteiger partial charge in [0.15, 0.2) is 0 Å². The van der Waals surface area contributed by atoms with E-state index in [0.717, 1.165) is 24.8 Å². The van der Waals surface area contributed by atoms with Crippen LogP contribution in [0.2, 0.25) is 0 Å². The van der Waals surface area contributed by atoms with Gasteiger partial charge in [-0.1, -0.05) is 75.8 Å². The summed E-state index contributed by atoms with van der Waals surface area (Å²) in [6.45, 7) is 8.27. The fraction of sp³-hybridized carbons (Fsp3) is 0.517. The Balaban J connectivity index is 1.78. The molecule has 4 rings (SSSR count). The van der Waals surface area contributed by atoms with E-state index in [1.165, 1.54) is 12.2 Å². The van der Waals surface area contributed by atoms with E-state index in [2.05, 4.69) is 18.8 Å². The van der Waals surface area contributed by atoms with E-state index in [9.17, 15) is 19.8 Å². The number of esters is 1. The van der Waals surface area contributed by atoms with Crippen molar-refractivity contribution in [2.45, 2.75) is 69.8 Å². The highest BCUT2D eigenvalue weighted by Crippen LogP contribution is 2.52. The van der Waals surface area contributed by atoms with Crippen molar-refractivity contribution in [1.29, 1.82) is 0 Å². The van der Waals surface area contributed by atoms with Crippen molar-refractivity contribution in [2.75, 3.05) is 0 Å². The number of benzene rings is 1. The van der Waals surface area contributed by atoms with Crippen molar-refractivity contribution in [3.8, 4) is 0 Å². The van der Waals surface area contributed by atoms with E-state index >= 15 is 0 Å². The number of allylic oxidation sites excluding steroid dienone is 1. The van der Waals surface area contributed by atoms with Gasteiger partial charge in [-0.3, -0.25) is 4.79 Å². The minimum absolute atomic E-state index is 0.262. The monoisotopic (exact) mass is 479 g/mol.